The van der Waals surface area contributed by atoms with E-state index < -0.39 is 0 Å². The minimum absolute atomic E-state index is 0.0835. The summed E-state index contributed by atoms with van der Waals surface area (Å²) < 4.78 is 5.06. The van der Waals surface area contributed by atoms with Crippen LogP contribution >= 0.6 is 11.6 Å². The number of hydrogen-bond acceptors (Lipinski definition) is 3. The van der Waals surface area contributed by atoms with E-state index in [1.165, 1.54) is 0 Å². The van der Waals surface area contributed by atoms with Crippen LogP contribution in [0.3, 0.4) is 0 Å². The second kappa shape index (κ2) is 6.87. The van der Waals surface area contributed by atoms with E-state index in [1.807, 2.05) is 18.2 Å². The molecule has 0 N–H and O–H groups in total. The predicted molar refractivity (Wildman–Crippen MR) is 69.6 cm³/mol. The van der Waals surface area contributed by atoms with Crippen LogP contribution in [-0.4, -0.2) is 31.5 Å². The van der Waals surface area contributed by atoms with Crippen LogP contribution in [0, 0.1) is 11.3 Å². The Morgan fingerprint density at radius 1 is 1.56 bits per heavy atom. The molecule has 0 aromatic heterocycles. The van der Waals surface area contributed by atoms with Crippen molar-refractivity contribution in [2.45, 2.75) is 12.8 Å². The number of rotatable bonds is 5. The molecule has 0 aliphatic rings. The highest BCUT2D eigenvalue weighted by atomic mass is 35.5. The standard InChI is InChI=1S/C13H15ClN2O2/c1-16(13(17)5-7-15)8-6-10-3-4-12(18-2)11(14)9-10/h3-4,9H,5-6,8H2,1-2H3. The number of benzene rings is 1. The maximum absolute atomic E-state index is 11.4. The summed E-state index contributed by atoms with van der Waals surface area (Å²) in [6.45, 7) is 0.559. The first kappa shape index (κ1) is 14.3. The van der Waals surface area contributed by atoms with E-state index in [9.17, 15) is 4.79 Å². The van der Waals surface area contributed by atoms with Crippen LogP contribution in [0.1, 0.15) is 12.0 Å². The second-order valence-electron chi connectivity index (χ2n) is 3.87. The molecule has 5 heteroatoms. The highest BCUT2D eigenvalue weighted by Gasteiger charge is 2.08. The van der Waals surface area contributed by atoms with Gasteiger partial charge in [0.1, 0.15) is 12.2 Å². The average molecular weight is 267 g/mol. The maximum atomic E-state index is 11.4. The molecule has 0 spiro atoms. The molecule has 0 radical (unpaired) electrons. The molecule has 96 valence electrons. The normalized spacial score (nSPS) is 9.67. The van der Waals surface area contributed by atoms with E-state index in [0.717, 1.165) is 5.56 Å². The Morgan fingerprint density at radius 3 is 2.83 bits per heavy atom. The molecule has 1 rings (SSSR count). The Morgan fingerprint density at radius 2 is 2.28 bits per heavy atom. The van der Waals surface area contributed by atoms with Crippen LogP contribution in [0.2, 0.25) is 5.02 Å². The summed E-state index contributed by atoms with van der Waals surface area (Å²) in [5.74, 6) is 0.464. The first-order chi connectivity index (χ1) is 8.58. The molecule has 1 aromatic carbocycles. The van der Waals surface area contributed by atoms with Crippen molar-refractivity contribution >= 4 is 17.5 Å². The molecule has 0 aliphatic heterocycles. The van der Waals surface area contributed by atoms with Gasteiger partial charge in [-0.05, 0) is 24.1 Å². The predicted octanol–water partition coefficient (Wildman–Crippen LogP) is 2.26. The average Bonchev–Trinajstić information content (AvgIpc) is 2.36. The molecular formula is C13H15ClN2O2. The van der Waals surface area contributed by atoms with Gasteiger partial charge >= 0.3 is 0 Å². The van der Waals surface area contributed by atoms with E-state index >= 15 is 0 Å². The lowest BCUT2D eigenvalue weighted by molar-refractivity contribution is -0.128. The molecule has 0 bridgehead atoms. The summed E-state index contributed by atoms with van der Waals surface area (Å²) in [5.41, 5.74) is 1.03. The number of nitriles is 1. The molecule has 1 amide bonds. The summed E-state index contributed by atoms with van der Waals surface area (Å²) in [6.07, 6.45) is 0.608. The van der Waals surface area contributed by atoms with Crippen LogP contribution in [0.25, 0.3) is 0 Å². The third-order valence-corrected chi connectivity index (χ3v) is 2.90. The number of hydrogen-bond donors (Lipinski definition) is 0. The Balaban J connectivity index is 2.56. The minimum Gasteiger partial charge on any atom is -0.495 e. The van der Waals surface area contributed by atoms with Crippen molar-refractivity contribution in [3.05, 3.63) is 28.8 Å². The molecule has 0 fully saturated rings. The van der Waals surface area contributed by atoms with E-state index in [-0.39, 0.29) is 12.3 Å². The molecule has 0 unspecified atom stereocenters. The molecule has 4 nitrogen and oxygen atoms in total. The van der Waals surface area contributed by atoms with Gasteiger partial charge in [-0.3, -0.25) is 4.79 Å². The number of likely N-dealkylation sites (N-methyl/N-ethyl adjacent to an activating group) is 1. The lowest BCUT2D eigenvalue weighted by atomic mass is 10.1. The molecule has 0 heterocycles. The number of methoxy groups -OCH3 is 1. The summed E-state index contributed by atoms with van der Waals surface area (Å²) >= 11 is 6.01. The number of nitrogens with zero attached hydrogens (tertiary/aromatic N) is 2. The van der Waals surface area contributed by atoms with Gasteiger partial charge in [0.25, 0.3) is 0 Å². The molecule has 18 heavy (non-hydrogen) atoms. The smallest absolute Gasteiger partial charge is 0.236 e. The summed E-state index contributed by atoms with van der Waals surface area (Å²) in [4.78, 5) is 12.9. The third-order valence-electron chi connectivity index (χ3n) is 2.61. The number of halogens is 1. The van der Waals surface area contributed by atoms with Crippen LogP contribution in [0.15, 0.2) is 18.2 Å². The zero-order valence-corrected chi connectivity index (χ0v) is 11.2. The summed E-state index contributed by atoms with van der Waals surface area (Å²) in [6, 6.07) is 7.37. The van der Waals surface area contributed by atoms with Gasteiger partial charge in [0.05, 0.1) is 18.2 Å². The Hall–Kier alpha value is -1.73. The van der Waals surface area contributed by atoms with Gasteiger partial charge in [-0.2, -0.15) is 5.26 Å². The number of amides is 1. The lowest BCUT2D eigenvalue weighted by Gasteiger charge is -2.15. The Kier molecular flexibility index (Phi) is 5.47. The molecule has 0 saturated carbocycles. The molecule has 0 aliphatic carbocycles. The van der Waals surface area contributed by atoms with E-state index in [4.69, 9.17) is 21.6 Å². The number of carbonyl (C=O) groups excluding carboxylic acids is 1. The van der Waals surface area contributed by atoms with Crippen molar-refractivity contribution in [1.82, 2.24) is 4.90 Å². The fraction of sp³-hybridized carbons (Fsp3) is 0.385. The molecule has 0 saturated heterocycles. The van der Waals surface area contributed by atoms with E-state index in [2.05, 4.69) is 0 Å². The van der Waals surface area contributed by atoms with E-state index in [0.29, 0.717) is 23.7 Å². The molecule has 0 atom stereocenters. The zero-order valence-electron chi connectivity index (χ0n) is 10.4. The van der Waals surface area contributed by atoms with Crippen LogP contribution in [0.4, 0.5) is 0 Å². The van der Waals surface area contributed by atoms with E-state index in [1.54, 1.807) is 25.1 Å². The van der Waals surface area contributed by atoms with Crippen molar-refractivity contribution in [3.8, 4) is 11.8 Å². The Labute approximate surface area is 112 Å². The second-order valence-corrected chi connectivity index (χ2v) is 4.28. The quantitative estimate of drug-likeness (QED) is 0.821. The monoisotopic (exact) mass is 266 g/mol. The topological polar surface area (TPSA) is 53.3 Å². The van der Waals surface area contributed by atoms with Gasteiger partial charge in [-0.1, -0.05) is 17.7 Å². The van der Waals surface area contributed by atoms with Crippen molar-refractivity contribution in [1.29, 1.82) is 5.26 Å². The fourth-order valence-corrected chi connectivity index (χ4v) is 1.77. The van der Waals surface area contributed by atoms with Gasteiger partial charge in [-0.15, -0.1) is 0 Å². The fourth-order valence-electron chi connectivity index (χ4n) is 1.49. The lowest BCUT2D eigenvalue weighted by Crippen LogP contribution is -2.28. The van der Waals surface area contributed by atoms with Gasteiger partial charge < -0.3 is 9.64 Å². The maximum Gasteiger partial charge on any atom is 0.236 e. The van der Waals surface area contributed by atoms with Crippen molar-refractivity contribution < 1.29 is 9.53 Å². The zero-order chi connectivity index (χ0) is 13.5. The minimum atomic E-state index is -0.169. The highest BCUT2D eigenvalue weighted by Crippen LogP contribution is 2.25. The van der Waals surface area contributed by atoms with Crippen molar-refractivity contribution in [2.24, 2.45) is 0 Å². The van der Waals surface area contributed by atoms with Crippen molar-refractivity contribution in [2.75, 3.05) is 20.7 Å². The largest absolute Gasteiger partial charge is 0.495 e. The third kappa shape index (κ3) is 3.94. The highest BCUT2D eigenvalue weighted by molar-refractivity contribution is 6.32. The van der Waals surface area contributed by atoms with Crippen LogP contribution < -0.4 is 4.74 Å². The molecular weight excluding hydrogens is 252 g/mol. The Bertz CT molecular complexity index is 469. The summed E-state index contributed by atoms with van der Waals surface area (Å²) in [7, 11) is 3.25. The SMILES string of the molecule is COc1ccc(CCN(C)C(=O)CC#N)cc1Cl. The summed E-state index contributed by atoms with van der Waals surface area (Å²) in [5, 5.41) is 8.99. The van der Waals surface area contributed by atoms with Crippen LogP contribution in [0.5, 0.6) is 5.75 Å². The first-order valence-electron chi connectivity index (χ1n) is 5.51. The van der Waals surface area contributed by atoms with Gasteiger partial charge in [0.15, 0.2) is 0 Å². The van der Waals surface area contributed by atoms with Gasteiger partial charge in [0, 0.05) is 13.6 Å². The molecule has 1 aromatic rings. The number of carbonyl (C=O) groups is 1. The first-order valence-corrected chi connectivity index (χ1v) is 5.89. The van der Waals surface area contributed by atoms with Gasteiger partial charge in [0.2, 0.25) is 5.91 Å². The number of ether oxygens (including phenoxy) is 1. The van der Waals surface area contributed by atoms with Gasteiger partial charge in [-0.25, -0.2) is 0 Å². The van der Waals surface area contributed by atoms with Crippen molar-refractivity contribution in [3.63, 3.8) is 0 Å². The van der Waals surface area contributed by atoms with Crippen LogP contribution in [-0.2, 0) is 11.2 Å².